The number of unbranched alkanes of at least 4 members (excludes halogenated alkanes) is 6. The molecule has 30 atom stereocenters. The number of H-pyrrole nitrogens is 4. The number of ether oxygens (including phenoxy) is 14. The van der Waals surface area contributed by atoms with Crippen LogP contribution in [0.15, 0.2) is 31.3 Å². The van der Waals surface area contributed by atoms with E-state index >= 15 is 0 Å². The van der Waals surface area contributed by atoms with Crippen LogP contribution in [-0.4, -0.2) is 410 Å². The number of aliphatic carboxylic acids is 2. The zero-order valence-corrected chi connectivity index (χ0v) is 82.5. The van der Waals surface area contributed by atoms with Crippen LogP contribution in [-0.2, 0) is 105 Å². The number of aliphatic hydroxyl groups excluding tert-OH is 10. The van der Waals surface area contributed by atoms with E-state index in [0.29, 0.717) is 90.1 Å². The molecule has 25 N–H and O–H groups in total. The molecule has 8 aliphatic rings. The number of amides is 5. The van der Waals surface area contributed by atoms with Crippen molar-refractivity contribution in [3.63, 3.8) is 0 Å². The molecule has 4 aliphatic carbocycles. The van der Waals surface area contributed by atoms with E-state index in [4.69, 9.17) is 77.8 Å². The Balaban J connectivity index is 0.748. The summed E-state index contributed by atoms with van der Waals surface area (Å²) in [4.78, 5) is 198. The molecule has 0 bridgehead atoms. The quantitative estimate of drug-likeness (QED) is 0.0275. The SMILES string of the molecule is CC1O[C@@H](CO[C@@H]2C(NC(=O)c3cc(=O)[nH]c(=O)[nH]3)CC(C(=O)CCCCCCN)C[C@H]2O[C@@H]2O[C@@H](CO)[C@H](O)C(O[C@@H](CC3CCCCC3)C(=O)O)C2NC(=O)CCC(=O)COCCOCCOCCOCC(=O)NCC(=O)NC2C(O[C@@H](CC3CCCCC3)C(=O)O)[C@@H](O)[C@H](CO)O[C@H]2O[C@@H]2CC(C(=O)CCCCCCN)CC(NC(=O)c3cc(=O)[nH]c(=O)[nH]3)[C@H]2OC[C@@H]2OC(C)[C@@H](O)[C@H](O)C2O)C(O)[C@@H](O)[C@@H]1O. The lowest BCUT2D eigenvalue weighted by Crippen LogP contribution is -2.68. The first kappa shape index (κ1) is 119. The number of ketones is 3. The predicted octanol–water partition coefficient (Wildman–Crippen LogP) is -5.33. The highest BCUT2D eigenvalue weighted by molar-refractivity contribution is 5.93. The fourth-order valence-corrected chi connectivity index (χ4v) is 20.1. The van der Waals surface area contributed by atoms with Gasteiger partial charge in [0.1, 0.15) is 146 Å². The summed E-state index contributed by atoms with van der Waals surface area (Å²) in [5, 5.41) is 146. The van der Waals surface area contributed by atoms with Crippen LogP contribution in [0.25, 0.3) is 0 Å². The second-order valence-electron chi connectivity index (χ2n) is 39.1. The lowest BCUT2D eigenvalue weighted by Gasteiger charge is -2.48. The second kappa shape index (κ2) is 60.6. The standard InChI is InChI=1S/C95H151N11O40/c1-48-76(117)82(123)78(119)67(139-48)45-137-84-55(99-88(125)57-39-70(113)105-94(131)101-57)35-52(59(110)21-13-3-5-15-25-96)37-61(84)143-92-74(86(80(121)65(42-107)145-92)141-63(90(127)128)33-50-17-9-7-10-18-50)103-69(112)24-23-54(109)44-135-31-29-133-27-28-134-30-32-136-47-73(116)98-41-72(115)104-75-87(142-64(91(129)130)34-51-19-11-8-12-20-51)81(122)66(43-108)146-93(75)144-62-38-53(60(111)22-14-4-6-16-26-97)36-56(100-89(126)58-40-71(114)106-95(132)102-58)85(62)138-46-68-79(120)83(124)77(118)49(2)140-68/h39-40,48-53,55-56,61-68,74-87,92-93,107-108,117-124H,3-38,41-47,96-97H2,1-2H3,(H,98,116)(H,99,125)(H,100,126)(H,103,112)(H,104,115)(H,127,128)(H,129,130)(H2,101,105,113,131)(H2,102,106,114,132)/t48?,49?,52?,53?,55?,56?,61-,62-,63+,64+,65+,66+,67+,68+,74?,75?,76-,77-,78?,79?,80+,81+,82+,83+,84-,85-,86?,87?,92-,93-/m1/s1. The topological polar surface area (TPSA) is 786 Å². The average molecular weight is 2090 g/mol. The van der Waals surface area contributed by atoms with Crippen LogP contribution in [0.5, 0.6) is 0 Å². The van der Waals surface area contributed by atoms with E-state index in [-0.39, 0.29) is 114 Å². The smallest absolute Gasteiger partial charge is 0.332 e. The minimum atomic E-state index is -1.91. The Hall–Kier alpha value is -8.38. The van der Waals surface area contributed by atoms with E-state index in [9.17, 15) is 128 Å². The molecule has 8 fully saturated rings. The summed E-state index contributed by atoms with van der Waals surface area (Å²) in [6.45, 7) is -1.77. The molecule has 4 saturated carbocycles. The van der Waals surface area contributed by atoms with E-state index < -0.39 is 323 Å². The van der Waals surface area contributed by atoms with Crippen LogP contribution < -0.4 is 60.5 Å². The number of carbonyl (C=O) groups is 10. The van der Waals surface area contributed by atoms with Crippen LogP contribution in [0, 0.1) is 23.7 Å². The van der Waals surface area contributed by atoms with Crippen LogP contribution in [0.4, 0.5) is 0 Å². The Morgan fingerprint density at radius 2 is 0.822 bits per heavy atom. The van der Waals surface area contributed by atoms with Crippen molar-refractivity contribution in [2.24, 2.45) is 35.1 Å². The van der Waals surface area contributed by atoms with E-state index in [1.165, 1.54) is 13.8 Å². The van der Waals surface area contributed by atoms with E-state index in [1.807, 2.05) is 9.97 Å². The van der Waals surface area contributed by atoms with Crippen molar-refractivity contribution in [2.75, 3.05) is 98.9 Å². The van der Waals surface area contributed by atoms with Crippen molar-refractivity contribution in [2.45, 2.75) is 365 Å². The highest BCUT2D eigenvalue weighted by atomic mass is 16.7. The number of nitrogens with two attached hydrogens (primary N) is 2. The maximum absolute atomic E-state index is 14.5. The molecule has 0 radical (unpaired) electrons. The number of carboxylic acid groups (broad SMARTS) is 2. The molecule has 4 aliphatic heterocycles. The van der Waals surface area contributed by atoms with E-state index in [0.717, 1.165) is 50.7 Å². The van der Waals surface area contributed by atoms with Crippen molar-refractivity contribution >= 4 is 58.8 Å². The van der Waals surface area contributed by atoms with E-state index in [1.54, 1.807) is 0 Å². The van der Waals surface area contributed by atoms with Crippen molar-refractivity contribution in [3.8, 4) is 0 Å². The Morgan fingerprint density at radius 1 is 0.425 bits per heavy atom. The van der Waals surface area contributed by atoms with Gasteiger partial charge in [-0.1, -0.05) is 89.9 Å². The summed E-state index contributed by atoms with van der Waals surface area (Å²) in [7, 11) is 0. The molecule has 51 nitrogen and oxygen atoms in total. The molecule has 2 aromatic heterocycles. The summed E-state index contributed by atoms with van der Waals surface area (Å²) in [6.07, 6.45) is -27.6. The molecule has 2 aromatic rings. The van der Waals surface area contributed by atoms with Gasteiger partial charge in [0, 0.05) is 49.7 Å². The summed E-state index contributed by atoms with van der Waals surface area (Å²) >= 11 is 0. The van der Waals surface area contributed by atoms with Crippen LogP contribution >= 0.6 is 0 Å². The van der Waals surface area contributed by atoms with Gasteiger partial charge in [0.2, 0.25) is 17.7 Å². The van der Waals surface area contributed by atoms with Crippen molar-refractivity contribution in [3.05, 3.63) is 65.2 Å². The Morgan fingerprint density at radius 3 is 1.22 bits per heavy atom. The first-order valence-corrected chi connectivity index (χ1v) is 51.0. The average Bonchev–Trinajstić information content (AvgIpc) is 0.773. The number of rotatable bonds is 60. The zero-order chi connectivity index (χ0) is 106. The van der Waals surface area contributed by atoms with Gasteiger partial charge in [-0.05, 0) is 103 Å². The van der Waals surface area contributed by atoms with Crippen molar-refractivity contribution in [1.29, 1.82) is 0 Å². The molecular weight excluding hydrogens is 1940 g/mol. The Bertz CT molecular complexity index is 4340. The van der Waals surface area contributed by atoms with Gasteiger partial charge in [0.25, 0.3) is 22.9 Å². The summed E-state index contributed by atoms with van der Waals surface area (Å²) in [5.74, 6) is -11.0. The molecule has 0 aromatic carbocycles. The number of aromatic amines is 4. The van der Waals surface area contributed by atoms with Gasteiger partial charge in [-0.25, -0.2) is 19.2 Å². The molecule has 4 saturated heterocycles. The lowest BCUT2D eigenvalue weighted by atomic mass is 9.78. The molecule has 51 heteroatoms. The maximum atomic E-state index is 14.5. The fourth-order valence-electron chi connectivity index (χ4n) is 20.1. The molecule has 5 amide bonds. The van der Waals surface area contributed by atoms with Gasteiger partial charge in [0.05, 0.1) is 109 Å². The highest BCUT2D eigenvalue weighted by Crippen LogP contribution is 2.41. The summed E-state index contributed by atoms with van der Waals surface area (Å²) < 4.78 is 85.9. The van der Waals surface area contributed by atoms with Crippen molar-refractivity contribution in [1.82, 2.24) is 46.5 Å². The van der Waals surface area contributed by atoms with Gasteiger partial charge in [-0.2, -0.15) is 0 Å². The number of carbonyl (C=O) groups excluding carboxylic acids is 8. The number of carboxylic acids is 2. The molecule has 6 heterocycles. The van der Waals surface area contributed by atoms with Crippen LogP contribution in [0.1, 0.15) is 215 Å². The molecule has 0 spiro atoms. The summed E-state index contributed by atoms with van der Waals surface area (Å²) in [6, 6.07) is -4.49. The highest BCUT2D eigenvalue weighted by Gasteiger charge is 2.56. The number of hydrogen-bond donors (Lipinski definition) is 23. The van der Waals surface area contributed by atoms with Gasteiger partial charge in [-0.15, -0.1) is 0 Å². The second-order valence-corrected chi connectivity index (χ2v) is 39.1. The largest absolute Gasteiger partial charge is 0.479 e. The third-order valence-corrected chi connectivity index (χ3v) is 28.2. The number of Topliss-reactive ketones (excluding diaryl/α,β-unsaturated/α-hetero) is 3. The number of aromatic nitrogens is 4. The summed E-state index contributed by atoms with van der Waals surface area (Å²) in [5.41, 5.74) is 6.49. The van der Waals surface area contributed by atoms with Gasteiger partial charge < -0.3 is 176 Å². The first-order valence-electron chi connectivity index (χ1n) is 51.0. The third-order valence-electron chi connectivity index (χ3n) is 28.2. The molecule has 146 heavy (non-hydrogen) atoms. The van der Waals surface area contributed by atoms with Crippen LogP contribution in [0.3, 0.4) is 0 Å². The first-order chi connectivity index (χ1) is 70.0. The number of hydrogen-bond acceptors (Lipinski definition) is 40. The maximum Gasteiger partial charge on any atom is 0.332 e. The molecule has 10 rings (SSSR count). The zero-order valence-electron chi connectivity index (χ0n) is 82.5. The van der Waals surface area contributed by atoms with Gasteiger partial charge >= 0.3 is 23.3 Å². The molecule has 826 valence electrons. The van der Waals surface area contributed by atoms with E-state index in [2.05, 4.69) is 36.6 Å². The number of nitrogens with one attached hydrogen (secondary N) is 9. The van der Waals surface area contributed by atoms with Gasteiger partial charge in [-0.3, -0.25) is 57.9 Å². The Labute approximate surface area is 841 Å². The van der Waals surface area contributed by atoms with Crippen LogP contribution in [0.2, 0.25) is 0 Å². The predicted molar refractivity (Wildman–Crippen MR) is 504 cm³/mol. The Kier molecular flexibility index (Phi) is 49.6. The number of aliphatic hydroxyl groups is 10. The monoisotopic (exact) mass is 2090 g/mol. The minimum Gasteiger partial charge on any atom is -0.479 e. The molecular formula is C95H151N11O40. The minimum absolute atomic E-state index is 0.00400. The molecule has 12 unspecified atom stereocenters. The third kappa shape index (κ3) is 36.2. The van der Waals surface area contributed by atoms with Crippen molar-refractivity contribution < 1.29 is 176 Å². The fraction of sp³-hybridized carbons (Fsp3) is 0.811. The lowest BCUT2D eigenvalue weighted by molar-refractivity contribution is -0.306. The van der Waals surface area contributed by atoms with Gasteiger partial charge in [0.15, 0.2) is 30.6 Å². The normalized spacial score (nSPS) is 31.4.